The number of nitrogens with zero attached hydrogens (tertiary/aromatic N) is 1. The number of rotatable bonds is 2. The van der Waals surface area contributed by atoms with E-state index in [-0.39, 0.29) is 30.9 Å². The summed E-state index contributed by atoms with van der Waals surface area (Å²) in [5, 5.41) is 0. The van der Waals surface area contributed by atoms with Crippen LogP contribution in [0.4, 0.5) is 0 Å². The van der Waals surface area contributed by atoms with Crippen LogP contribution in [-0.2, 0) is 0 Å². The molecule has 0 aliphatic rings. The van der Waals surface area contributed by atoms with Gasteiger partial charge in [0.25, 0.3) is 0 Å². The van der Waals surface area contributed by atoms with E-state index in [1.807, 2.05) is 0 Å². The first-order valence-electron chi connectivity index (χ1n) is 3.57. The lowest BCUT2D eigenvalue weighted by Crippen LogP contribution is -2.17. The Labute approximate surface area is 98.8 Å². The van der Waals surface area contributed by atoms with Crippen LogP contribution in [0.2, 0.25) is 0 Å². The van der Waals surface area contributed by atoms with Gasteiger partial charge in [-0.2, -0.15) is 0 Å². The van der Waals surface area contributed by atoms with E-state index in [4.69, 9.17) is 5.73 Å². The Hall–Kier alpha value is 0.230. The number of H-pyrrole nitrogens is 1. The molecular formula is C7H14BrCl2N3. The minimum Gasteiger partial charge on any atom is -0.346 e. The summed E-state index contributed by atoms with van der Waals surface area (Å²) in [5.41, 5.74) is 5.84. The van der Waals surface area contributed by atoms with Crippen LogP contribution < -0.4 is 5.73 Å². The Bertz CT molecular complexity index is 239. The molecule has 0 radical (unpaired) electrons. The first-order chi connectivity index (χ1) is 5.11. The fourth-order valence-electron chi connectivity index (χ4n) is 0.800. The molecular weight excluding hydrogens is 277 g/mol. The van der Waals surface area contributed by atoms with E-state index < -0.39 is 0 Å². The summed E-state index contributed by atoms with van der Waals surface area (Å²) in [7, 11) is 0. The summed E-state index contributed by atoms with van der Waals surface area (Å²) >= 11 is 3.25. The van der Waals surface area contributed by atoms with Gasteiger partial charge in [0.2, 0.25) is 0 Å². The molecule has 3 N–H and O–H groups in total. The number of aromatic nitrogens is 2. The van der Waals surface area contributed by atoms with Gasteiger partial charge in [-0.05, 0) is 21.8 Å². The van der Waals surface area contributed by atoms with Crippen molar-refractivity contribution in [2.45, 2.75) is 19.9 Å². The van der Waals surface area contributed by atoms with Gasteiger partial charge in [0.05, 0.1) is 6.04 Å². The van der Waals surface area contributed by atoms with Gasteiger partial charge in [0.1, 0.15) is 10.4 Å². The quantitative estimate of drug-likeness (QED) is 0.880. The predicted octanol–water partition coefficient (Wildman–Crippen LogP) is 2.67. The monoisotopic (exact) mass is 289 g/mol. The molecule has 0 aliphatic carbocycles. The van der Waals surface area contributed by atoms with Gasteiger partial charge < -0.3 is 10.7 Å². The lowest BCUT2D eigenvalue weighted by atomic mass is 10.1. The first-order valence-corrected chi connectivity index (χ1v) is 4.37. The second-order valence-electron chi connectivity index (χ2n) is 2.88. The highest BCUT2D eigenvalue weighted by Gasteiger charge is 2.12. The number of halogens is 3. The first kappa shape index (κ1) is 15.7. The minimum atomic E-state index is 0. The SMILES string of the molecule is CC(C)[C@H](N)c1nc(Br)c[nH]1.Cl.Cl. The Kier molecular flexibility index (Phi) is 8.03. The average molecular weight is 291 g/mol. The van der Waals surface area contributed by atoms with E-state index in [0.717, 1.165) is 10.4 Å². The van der Waals surface area contributed by atoms with Crippen LogP contribution in [0.5, 0.6) is 0 Å². The second-order valence-corrected chi connectivity index (χ2v) is 3.69. The molecule has 1 atom stereocenters. The van der Waals surface area contributed by atoms with Gasteiger partial charge in [-0.15, -0.1) is 24.8 Å². The van der Waals surface area contributed by atoms with Gasteiger partial charge in [0.15, 0.2) is 0 Å². The van der Waals surface area contributed by atoms with E-state index in [1.165, 1.54) is 0 Å². The third-order valence-electron chi connectivity index (χ3n) is 1.60. The van der Waals surface area contributed by atoms with Crippen molar-refractivity contribution in [3.63, 3.8) is 0 Å². The van der Waals surface area contributed by atoms with Gasteiger partial charge >= 0.3 is 0 Å². The zero-order chi connectivity index (χ0) is 8.43. The maximum absolute atomic E-state index is 5.84. The van der Waals surface area contributed by atoms with Crippen molar-refractivity contribution in [1.82, 2.24) is 9.97 Å². The third-order valence-corrected chi connectivity index (χ3v) is 2.01. The third kappa shape index (κ3) is 4.31. The maximum atomic E-state index is 5.84. The molecule has 1 heterocycles. The molecule has 3 nitrogen and oxygen atoms in total. The number of nitrogens with one attached hydrogen (secondary N) is 1. The summed E-state index contributed by atoms with van der Waals surface area (Å²) in [6, 6.07) is 0.00120. The lowest BCUT2D eigenvalue weighted by Gasteiger charge is -2.11. The molecule has 1 aromatic rings. The zero-order valence-corrected chi connectivity index (χ0v) is 10.7. The van der Waals surface area contributed by atoms with Gasteiger partial charge in [-0.3, -0.25) is 0 Å². The fraction of sp³-hybridized carbons (Fsp3) is 0.571. The molecule has 0 saturated heterocycles. The number of aromatic amines is 1. The van der Waals surface area contributed by atoms with E-state index in [0.29, 0.717) is 5.92 Å². The summed E-state index contributed by atoms with van der Waals surface area (Å²) in [6.45, 7) is 4.14. The highest BCUT2D eigenvalue weighted by Crippen LogP contribution is 2.16. The van der Waals surface area contributed by atoms with Crippen LogP contribution in [0.15, 0.2) is 10.8 Å². The van der Waals surface area contributed by atoms with Gasteiger partial charge in [0, 0.05) is 6.20 Å². The van der Waals surface area contributed by atoms with Crippen LogP contribution in [0.3, 0.4) is 0 Å². The highest BCUT2D eigenvalue weighted by atomic mass is 79.9. The largest absolute Gasteiger partial charge is 0.346 e. The molecule has 13 heavy (non-hydrogen) atoms. The fourth-order valence-corrected chi connectivity index (χ4v) is 1.11. The molecule has 0 bridgehead atoms. The van der Waals surface area contributed by atoms with Gasteiger partial charge in [-0.1, -0.05) is 13.8 Å². The molecule has 0 unspecified atom stereocenters. The van der Waals surface area contributed by atoms with Crippen LogP contribution >= 0.6 is 40.7 Å². The van der Waals surface area contributed by atoms with E-state index in [9.17, 15) is 0 Å². The van der Waals surface area contributed by atoms with Crippen molar-refractivity contribution in [1.29, 1.82) is 0 Å². The lowest BCUT2D eigenvalue weighted by molar-refractivity contribution is 0.493. The van der Waals surface area contributed by atoms with E-state index in [2.05, 4.69) is 39.7 Å². The molecule has 0 aromatic carbocycles. The van der Waals surface area contributed by atoms with Gasteiger partial charge in [-0.25, -0.2) is 4.98 Å². The summed E-state index contributed by atoms with van der Waals surface area (Å²) < 4.78 is 0.809. The number of imidazole rings is 1. The van der Waals surface area contributed by atoms with Crippen molar-refractivity contribution in [2.24, 2.45) is 11.7 Å². The Balaban J connectivity index is 0. The molecule has 1 rings (SSSR count). The Morgan fingerprint density at radius 2 is 2.00 bits per heavy atom. The average Bonchev–Trinajstić information content (AvgIpc) is 2.34. The topological polar surface area (TPSA) is 54.7 Å². The van der Waals surface area contributed by atoms with Crippen LogP contribution in [-0.4, -0.2) is 9.97 Å². The van der Waals surface area contributed by atoms with E-state index in [1.54, 1.807) is 6.20 Å². The van der Waals surface area contributed by atoms with Crippen molar-refractivity contribution >= 4 is 40.7 Å². The Morgan fingerprint density at radius 3 is 2.31 bits per heavy atom. The zero-order valence-electron chi connectivity index (χ0n) is 7.45. The van der Waals surface area contributed by atoms with Crippen molar-refractivity contribution in [3.05, 3.63) is 16.6 Å². The maximum Gasteiger partial charge on any atom is 0.124 e. The number of nitrogens with two attached hydrogens (primary N) is 1. The van der Waals surface area contributed by atoms with Crippen LogP contribution in [0.25, 0.3) is 0 Å². The van der Waals surface area contributed by atoms with Crippen LogP contribution in [0, 0.1) is 5.92 Å². The molecule has 6 heteroatoms. The minimum absolute atomic E-state index is 0. The highest BCUT2D eigenvalue weighted by molar-refractivity contribution is 9.10. The summed E-state index contributed by atoms with van der Waals surface area (Å²) in [4.78, 5) is 7.17. The number of hydrogen-bond acceptors (Lipinski definition) is 2. The van der Waals surface area contributed by atoms with Crippen molar-refractivity contribution < 1.29 is 0 Å². The van der Waals surface area contributed by atoms with Crippen molar-refractivity contribution in [3.8, 4) is 0 Å². The molecule has 1 aromatic heterocycles. The molecule has 0 aliphatic heterocycles. The normalized spacial score (nSPS) is 11.8. The smallest absolute Gasteiger partial charge is 0.124 e. The molecule has 0 amide bonds. The number of hydrogen-bond donors (Lipinski definition) is 2. The van der Waals surface area contributed by atoms with Crippen molar-refractivity contribution in [2.75, 3.05) is 0 Å². The molecule has 0 spiro atoms. The molecule has 0 saturated carbocycles. The standard InChI is InChI=1S/C7H12BrN3.2ClH/c1-4(2)6(9)7-10-3-5(8)11-7;;/h3-4,6H,9H2,1-2H3,(H,10,11);2*1H/t6-;;/m0../s1. The molecule has 78 valence electrons. The second kappa shape index (κ2) is 6.65. The summed E-state index contributed by atoms with van der Waals surface area (Å²) in [5.74, 6) is 1.25. The molecule has 0 fully saturated rings. The van der Waals surface area contributed by atoms with Crippen LogP contribution in [0.1, 0.15) is 25.7 Å². The predicted molar refractivity (Wildman–Crippen MR) is 62.6 cm³/mol. The summed E-state index contributed by atoms with van der Waals surface area (Å²) in [6.07, 6.45) is 1.79. The Morgan fingerprint density at radius 1 is 1.46 bits per heavy atom. The van der Waals surface area contributed by atoms with E-state index >= 15 is 0 Å².